The molecule has 1 aliphatic heterocycles. The van der Waals surface area contributed by atoms with E-state index >= 15 is 0 Å². The molecular weight excluding hydrogens is 547 g/mol. The average molecular weight is 584 g/mol. The van der Waals surface area contributed by atoms with Crippen molar-refractivity contribution in [3.05, 3.63) is 82.2 Å². The van der Waals surface area contributed by atoms with Gasteiger partial charge in [-0.2, -0.15) is 26.3 Å². The SMILES string of the molecule is C[C@@H](O[C@H]1CC[C@H]2CN(CCC3=CC=CCC3)C[C@H]2[C@@H]1C1=CC=C(F)CC1)c1cc(C(F)(F)F)cc(C(F)(F)F)c1. The summed E-state index contributed by atoms with van der Waals surface area (Å²) in [7, 11) is 0. The summed E-state index contributed by atoms with van der Waals surface area (Å²) < 4.78 is 101. The van der Waals surface area contributed by atoms with Crippen molar-refractivity contribution in [2.45, 2.75) is 76.4 Å². The molecule has 1 aromatic carbocycles. The molecule has 0 radical (unpaired) electrons. The molecule has 41 heavy (non-hydrogen) atoms. The molecule has 5 atom stereocenters. The van der Waals surface area contributed by atoms with E-state index in [0.717, 1.165) is 63.0 Å². The number of alkyl halides is 6. The van der Waals surface area contributed by atoms with Crippen LogP contribution in [0, 0.1) is 17.8 Å². The topological polar surface area (TPSA) is 12.5 Å². The van der Waals surface area contributed by atoms with E-state index in [-0.39, 0.29) is 41.8 Å². The highest BCUT2D eigenvalue weighted by atomic mass is 19.4. The minimum atomic E-state index is -4.92. The van der Waals surface area contributed by atoms with Crippen LogP contribution in [-0.2, 0) is 17.1 Å². The zero-order valence-corrected chi connectivity index (χ0v) is 23.1. The third-order valence-corrected chi connectivity index (χ3v) is 9.12. The molecule has 1 aromatic rings. The van der Waals surface area contributed by atoms with Gasteiger partial charge < -0.3 is 9.64 Å². The molecule has 1 heterocycles. The van der Waals surface area contributed by atoms with E-state index in [0.29, 0.717) is 18.8 Å². The summed E-state index contributed by atoms with van der Waals surface area (Å²) >= 11 is 0. The highest BCUT2D eigenvalue weighted by Gasteiger charge is 2.47. The maximum Gasteiger partial charge on any atom is 0.416 e. The third-order valence-electron chi connectivity index (χ3n) is 9.12. The number of halogens is 7. The summed E-state index contributed by atoms with van der Waals surface area (Å²) in [5.41, 5.74) is -0.351. The molecule has 9 heteroatoms. The summed E-state index contributed by atoms with van der Waals surface area (Å²) in [6.07, 6.45) is 4.00. The number of ether oxygens (including phenoxy) is 1. The highest BCUT2D eigenvalue weighted by molar-refractivity contribution is 5.35. The molecule has 0 N–H and O–H groups in total. The molecule has 2 nitrogen and oxygen atoms in total. The summed E-state index contributed by atoms with van der Waals surface area (Å²) in [5, 5.41) is 0. The fourth-order valence-electron chi connectivity index (χ4n) is 7.01. The lowest BCUT2D eigenvalue weighted by atomic mass is 9.67. The van der Waals surface area contributed by atoms with Crippen LogP contribution in [0.3, 0.4) is 0 Å². The van der Waals surface area contributed by atoms with Gasteiger partial charge in [-0.15, -0.1) is 0 Å². The molecular formula is C32H36F7NO. The van der Waals surface area contributed by atoms with E-state index in [1.165, 1.54) is 18.6 Å². The minimum absolute atomic E-state index is 0.0738. The third kappa shape index (κ3) is 7.16. The monoisotopic (exact) mass is 583 g/mol. The van der Waals surface area contributed by atoms with Gasteiger partial charge in [0.15, 0.2) is 0 Å². The van der Waals surface area contributed by atoms with E-state index < -0.39 is 29.6 Å². The fraction of sp³-hybridized carbons (Fsp3) is 0.562. The number of hydrogen-bond donors (Lipinski definition) is 0. The second-order valence-electron chi connectivity index (χ2n) is 11.8. The number of rotatable bonds is 7. The molecule has 0 aromatic heterocycles. The van der Waals surface area contributed by atoms with Gasteiger partial charge >= 0.3 is 12.4 Å². The van der Waals surface area contributed by atoms with Gasteiger partial charge in [0.05, 0.1) is 23.3 Å². The first-order valence-corrected chi connectivity index (χ1v) is 14.5. The Kier molecular flexibility index (Phi) is 8.86. The quantitative estimate of drug-likeness (QED) is 0.297. The number of fused-ring (bicyclic) bond motifs is 1. The van der Waals surface area contributed by atoms with Crippen LogP contribution in [-0.4, -0.2) is 30.6 Å². The van der Waals surface area contributed by atoms with Gasteiger partial charge in [0.2, 0.25) is 0 Å². The van der Waals surface area contributed by atoms with E-state index in [2.05, 4.69) is 23.1 Å². The van der Waals surface area contributed by atoms with Crippen molar-refractivity contribution >= 4 is 0 Å². The van der Waals surface area contributed by atoms with Crippen molar-refractivity contribution in [1.29, 1.82) is 0 Å². The van der Waals surface area contributed by atoms with Gasteiger partial charge in [-0.05, 0) is 87.1 Å². The zero-order chi connectivity index (χ0) is 29.4. The van der Waals surface area contributed by atoms with Crippen LogP contribution in [0.5, 0.6) is 0 Å². The van der Waals surface area contributed by atoms with Crippen molar-refractivity contribution in [3.63, 3.8) is 0 Å². The molecule has 3 aliphatic carbocycles. The van der Waals surface area contributed by atoms with E-state index in [4.69, 9.17) is 4.74 Å². The normalized spacial score (nSPS) is 28.1. The van der Waals surface area contributed by atoms with Crippen LogP contribution in [0.1, 0.15) is 74.7 Å². The summed E-state index contributed by atoms with van der Waals surface area (Å²) in [5.74, 6) is 0.375. The van der Waals surface area contributed by atoms with Crippen LogP contribution >= 0.6 is 0 Å². The highest BCUT2D eigenvalue weighted by Crippen LogP contribution is 2.48. The summed E-state index contributed by atoms with van der Waals surface area (Å²) in [6.45, 7) is 4.25. The number of nitrogens with zero attached hydrogens (tertiary/aromatic N) is 1. The van der Waals surface area contributed by atoms with Crippen molar-refractivity contribution in [2.24, 2.45) is 17.8 Å². The lowest BCUT2D eigenvalue weighted by molar-refractivity contribution is -0.143. The number of likely N-dealkylation sites (tertiary alicyclic amines) is 1. The van der Waals surface area contributed by atoms with Gasteiger partial charge in [-0.3, -0.25) is 0 Å². The Morgan fingerprint density at radius 1 is 0.902 bits per heavy atom. The van der Waals surface area contributed by atoms with Gasteiger partial charge in [-0.25, -0.2) is 4.39 Å². The maximum atomic E-state index is 13.9. The van der Waals surface area contributed by atoms with E-state index in [1.807, 2.05) is 0 Å². The summed E-state index contributed by atoms with van der Waals surface area (Å²) in [4.78, 5) is 2.47. The van der Waals surface area contributed by atoms with Crippen LogP contribution in [0.4, 0.5) is 30.7 Å². The van der Waals surface area contributed by atoms with Crippen molar-refractivity contribution < 1.29 is 35.5 Å². The van der Waals surface area contributed by atoms with Crippen LogP contribution in [0.15, 0.2) is 65.6 Å². The largest absolute Gasteiger partial charge is 0.416 e. The van der Waals surface area contributed by atoms with Gasteiger partial charge in [-0.1, -0.05) is 35.5 Å². The number of hydrogen-bond acceptors (Lipinski definition) is 2. The van der Waals surface area contributed by atoms with Crippen LogP contribution < -0.4 is 0 Å². The zero-order valence-electron chi connectivity index (χ0n) is 23.1. The second-order valence-corrected chi connectivity index (χ2v) is 11.8. The van der Waals surface area contributed by atoms with Gasteiger partial charge in [0.1, 0.15) is 5.83 Å². The Bertz CT molecular complexity index is 1190. The first kappa shape index (κ1) is 30.1. The Morgan fingerprint density at radius 3 is 2.24 bits per heavy atom. The molecule has 2 fully saturated rings. The van der Waals surface area contributed by atoms with Crippen molar-refractivity contribution in [2.75, 3.05) is 19.6 Å². The predicted octanol–water partition coefficient (Wildman–Crippen LogP) is 9.37. The second kappa shape index (κ2) is 12.1. The fourth-order valence-corrected chi connectivity index (χ4v) is 7.01. The number of allylic oxidation sites excluding steroid dienone is 6. The Morgan fingerprint density at radius 2 is 1.63 bits per heavy atom. The Balaban J connectivity index is 1.37. The predicted molar refractivity (Wildman–Crippen MR) is 143 cm³/mol. The van der Waals surface area contributed by atoms with Crippen LogP contribution in [0.25, 0.3) is 0 Å². The lowest BCUT2D eigenvalue weighted by Gasteiger charge is -2.42. The minimum Gasteiger partial charge on any atom is -0.370 e. The first-order chi connectivity index (χ1) is 19.4. The number of benzene rings is 1. The van der Waals surface area contributed by atoms with Crippen molar-refractivity contribution in [1.82, 2.24) is 4.90 Å². The molecule has 1 saturated carbocycles. The molecule has 0 spiro atoms. The van der Waals surface area contributed by atoms with E-state index in [9.17, 15) is 30.7 Å². The van der Waals surface area contributed by atoms with Crippen LogP contribution in [0.2, 0.25) is 0 Å². The summed E-state index contributed by atoms with van der Waals surface area (Å²) in [6, 6.07) is 1.65. The van der Waals surface area contributed by atoms with Crippen molar-refractivity contribution in [3.8, 4) is 0 Å². The molecule has 0 bridgehead atoms. The molecule has 0 unspecified atom stereocenters. The Labute approximate surface area is 236 Å². The van der Waals surface area contributed by atoms with Gasteiger partial charge in [0.25, 0.3) is 0 Å². The standard InChI is InChI=1S/C32H36F7NO/c1-20(24-15-25(31(34,35)36)17-26(16-24)32(37,38)39)41-29-12-9-23-18-40(14-13-21-5-3-2-4-6-21)19-28(23)30(29)22-7-10-27(33)11-8-22/h2-3,5,7,10,15-17,20,23,28-30H,4,6,8-9,11-14,18-19H2,1H3/t20-,23+,28-,29+,30+/m1/s1. The van der Waals surface area contributed by atoms with Gasteiger partial charge in [0, 0.05) is 32.0 Å². The lowest BCUT2D eigenvalue weighted by Crippen LogP contribution is -2.41. The average Bonchev–Trinajstić information content (AvgIpc) is 3.35. The Hall–Kier alpha value is -2.39. The molecule has 5 rings (SSSR count). The first-order valence-electron chi connectivity index (χ1n) is 14.5. The molecule has 0 amide bonds. The molecule has 4 aliphatic rings. The van der Waals surface area contributed by atoms with E-state index in [1.54, 1.807) is 6.08 Å². The molecule has 1 saturated heterocycles. The smallest absolute Gasteiger partial charge is 0.370 e. The molecule has 224 valence electrons. The maximum absolute atomic E-state index is 13.9.